The van der Waals surface area contributed by atoms with Gasteiger partial charge in [-0.25, -0.2) is 0 Å². The fraction of sp³-hybridized carbons (Fsp3) is 0.200. The molecule has 0 aliphatic carbocycles. The Bertz CT molecular complexity index is 390. The minimum Gasteiger partial charge on any atom is -0.427 e. The predicted molar refractivity (Wildman–Crippen MR) is 61.9 cm³/mol. The lowest BCUT2D eigenvalue weighted by Crippen LogP contribution is -2.18. The van der Waals surface area contributed by atoms with Gasteiger partial charge in [-0.2, -0.15) is 0 Å². The molecule has 1 rings (SSSR count). The molecule has 0 bridgehead atoms. The molecule has 0 heterocycles. The van der Waals surface area contributed by atoms with Gasteiger partial charge in [-0.3, -0.25) is 9.59 Å². The number of nitrogens with one attached hydrogen (secondary N) is 1. The summed E-state index contributed by atoms with van der Waals surface area (Å²) in [6.07, 6.45) is 0. The molecule has 0 aromatic heterocycles. The van der Waals surface area contributed by atoms with E-state index in [1.54, 1.807) is 24.3 Å². The van der Waals surface area contributed by atoms with Crippen molar-refractivity contribution < 1.29 is 14.3 Å². The Morgan fingerprint density at radius 2 is 1.81 bits per heavy atom. The molecule has 0 radical (unpaired) electrons. The lowest BCUT2D eigenvalue weighted by molar-refractivity contribution is -0.131. The summed E-state index contributed by atoms with van der Waals surface area (Å²) in [6, 6.07) is 6.25. The minimum absolute atomic E-state index is 0.402. The number of anilines is 1. The minimum atomic E-state index is -1.12. The Balaban J connectivity index is 2.64. The zero-order chi connectivity index (χ0) is 12.1. The topological polar surface area (TPSA) is 55.4 Å². The third-order valence-electron chi connectivity index (χ3n) is 1.58. The first kappa shape index (κ1) is 12.8. The highest BCUT2D eigenvalue weighted by atomic mass is 35.5. The van der Waals surface area contributed by atoms with Crippen LogP contribution in [0.3, 0.4) is 0 Å². The van der Waals surface area contributed by atoms with Crippen molar-refractivity contribution in [2.75, 3.05) is 5.32 Å². The van der Waals surface area contributed by atoms with Crippen molar-refractivity contribution in [2.24, 2.45) is 0 Å². The van der Waals surface area contributed by atoms with E-state index >= 15 is 0 Å². The van der Waals surface area contributed by atoms with Gasteiger partial charge in [-0.15, -0.1) is 0 Å². The van der Waals surface area contributed by atoms with Crippen LogP contribution in [0, 0.1) is 0 Å². The van der Waals surface area contributed by atoms with Crippen LogP contribution in [0.25, 0.3) is 0 Å². The summed E-state index contributed by atoms with van der Waals surface area (Å²) in [5.74, 6) is -0.513. The second kappa shape index (κ2) is 5.72. The number of carbonyl (C=O) groups excluding carboxylic acids is 2. The Morgan fingerprint density at radius 1 is 1.25 bits per heavy atom. The van der Waals surface area contributed by atoms with Crippen LogP contribution in [-0.2, 0) is 9.59 Å². The van der Waals surface area contributed by atoms with Crippen molar-refractivity contribution in [3.8, 4) is 5.75 Å². The molecule has 0 fully saturated rings. The predicted octanol–water partition coefficient (Wildman–Crippen LogP) is 2.35. The maximum atomic E-state index is 11.1. The van der Waals surface area contributed by atoms with Crippen molar-refractivity contribution >= 4 is 40.8 Å². The second-order valence-electron chi connectivity index (χ2n) is 2.91. The van der Waals surface area contributed by atoms with Gasteiger partial charge in [0.05, 0.1) is 0 Å². The normalized spacial score (nSPS) is 10.0. The summed E-state index contributed by atoms with van der Waals surface area (Å²) < 4.78 is 4.82. The van der Waals surface area contributed by atoms with Gasteiger partial charge in [0.2, 0.25) is 0 Å². The number of benzene rings is 1. The standard InChI is InChI=1S/C10H9Cl2NO3/c1-6(14)16-8-4-2-7(3-5-8)13-10(15)9(11)12/h2-5,9H,1H3,(H,13,15). The monoisotopic (exact) mass is 261 g/mol. The molecule has 1 aromatic carbocycles. The van der Waals surface area contributed by atoms with Gasteiger partial charge in [0.25, 0.3) is 5.91 Å². The molecule has 0 aliphatic rings. The fourth-order valence-electron chi connectivity index (χ4n) is 0.969. The van der Waals surface area contributed by atoms with Crippen molar-refractivity contribution in [2.45, 2.75) is 11.8 Å². The van der Waals surface area contributed by atoms with Gasteiger partial charge in [0.1, 0.15) is 5.75 Å². The molecule has 1 N–H and O–H groups in total. The molecule has 0 saturated heterocycles. The van der Waals surface area contributed by atoms with Crippen LogP contribution in [0.5, 0.6) is 5.75 Å². The first-order valence-electron chi connectivity index (χ1n) is 4.36. The summed E-state index contributed by atoms with van der Waals surface area (Å²) in [5.41, 5.74) is 0.521. The number of hydrogen-bond donors (Lipinski definition) is 1. The van der Waals surface area contributed by atoms with E-state index in [2.05, 4.69) is 5.32 Å². The Hall–Kier alpha value is -1.26. The Labute approximate surface area is 102 Å². The summed E-state index contributed by atoms with van der Waals surface area (Å²) in [6.45, 7) is 1.31. The van der Waals surface area contributed by atoms with E-state index in [4.69, 9.17) is 27.9 Å². The lowest BCUT2D eigenvalue weighted by atomic mass is 10.3. The molecule has 6 heteroatoms. The summed E-state index contributed by atoms with van der Waals surface area (Å²) in [7, 11) is 0. The SMILES string of the molecule is CC(=O)Oc1ccc(NC(=O)C(Cl)Cl)cc1. The van der Waals surface area contributed by atoms with Crippen LogP contribution in [-0.4, -0.2) is 16.7 Å². The maximum absolute atomic E-state index is 11.1. The molecular weight excluding hydrogens is 253 g/mol. The molecule has 0 unspecified atom stereocenters. The third kappa shape index (κ3) is 4.08. The van der Waals surface area contributed by atoms with Gasteiger partial charge < -0.3 is 10.1 Å². The molecular formula is C10H9Cl2NO3. The van der Waals surface area contributed by atoms with Crippen LogP contribution in [0.2, 0.25) is 0 Å². The number of hydrogen-bond acceptors (Lipinski definition) is 3. The molecule has 1 aromatic rings. The molecule has 0 spiro atoms. The van der Waals surface area contributed by atoms with Gasteiger partial charge in [-0.05, 0) is 24.3 Å². The van der Waals surface area contributed by atoms with Gasteiger partial charge in [0.15, 0.2) is 4.84 Å². The molecule has 1 amide bonds. The first-order chi connectivity index (χ1) is 7.49. The second-order valence-corrected chi connectivity index (χ2v) is 4.00. The molecule has 0 aliphatic heterocycles. The summed E-state index contributed by atoms with van der Waals surface area (Å²) >= 11 is 10.7. The number of carbonyl (C=O) groups is 2. The van der Waals surface area contributed by atoms with E-state index in [9.17, 15) is 9.59 Å². The van der Waals surface area contributed by atoms with Gasteiger partial charge >= 0.3 is 5.97 Å². The molecule has 16 heavy (non-hydrogen) atoms. The van der Waals surface area contributed by atoms with Crippen LogP contribution in [0.4, 0.5) is 5.69 Å². The third-order valence-corrected chi connectivity index (χ3v) is 1.98. The highest BCUT2D eigenvalue weighted by Crippen LogP contribution is 2.16. The number of halogens is 2. The van der Waals surface area contributed by atoms with E-state index in [1.165, 1.54) is 6.92 Å². The van der Waals surface area contributed by atoms with Crippen LogP contribution in [0.1, 0.15) is 6.92 Å². The Morgan fingerprint density at radius 3 is 2.25 bits per heavy atom. The van der Waals surface area contributed by atoms with E-state index < -0.39 is 16.7 Å². The average molecular weight is 262 g/mol. The fourth-order valence-corrected chi connectivity index (χ4v) is 1.08. The first-order valence-corrected chi connectivity index (χ1v) is 5.24. The van der Waals surface area contributed by atoms with Crippen LogP contribution in [0.15, 0.2) is 24.3 Å². The Kier molecular flexibility index (Phi) is 4.58. The summed E-state index contributed by atoms with van der Waals surface area (Å²) in [4.78, 5) is 20.6. The number of esters is 1. The number of amides is 1. The van der Waals surface area contributed by atoms with Gasteiger partial charge in [0, 0.05) is 12.6 Å². The van der Waals surface area contributed by atoms with Crippen molar-refractivity contribution in [1.82, 2.24) is 0 Å². The van der Waals surface area contributed by atoms with E-state index in [0.717, 1.165) is 0 Å². The zero-order valence-electron chi connectivity index (χ0n) is 8.37. The zero-order valence-corrected chi connectivity index (χ0v) is 9.88. The van der Waals surface area contributed by atoms with E-state index in [1.807, 2.05) is 0 Å². The smallest absolute Gasteiger partial charge is 0.308 e. The van der Waals surface area contributed by atoms with Gasteiger partial charge in [-0.1, -0.05) is 23.2 Å². The number of ether oxygens (including phenoxy) is 1. The number of alkyl halides is 2. The average Bonchev–Trinajstić information content (AvgIpc) is 2.20. The van der Waals surface area contributed by atoms with Crippen molar-refractivity contribution in [1.29, 1.82) is 0 Å². The lowest BCUT2D eigenvalue weighted by Gasteiger charge is -2.06. The van der Waals surface area contributed by atoms with Crippen LogP contribution >= 0.6 is 23.2 Å². The quantitative estimate of drug-likeness (QED) is 0.516. The maximum Gasteiger partial charge on any atom is 0.308 e. The van der Waals surface area contributed by atoms with E-state index in [-0.39, 0.29) is 0 Å². The molecule has 86 valence electrons. The molecule has 4 nitrogen and oxygen atoms in total. The summed E-state index contributed by atoms with van der Waals surface area (Å²) in [5, 5.41) is 2.48. The van der Waals surface area contributed by atoms with Crippen molar-refractivity contribution in [3.05, 3.63) is 24.3 Å². The largest absolute Gasteiger partial charge is 0.427 e. The number of rotatable bonds is 3. The van der Waals surface area contributed by atoms with Crippen molar-refractivity contribution in [3.63, 3.8) is 0 Å². The van der Waals surface area contributed by atoms with Crippen LogP contribution < -0.4 is 10.1 Å². The molecule has 0 atom stereocenters. The molecule has 0 saturated carbocycles. The highest BCUT2D eigenvalue weighted by Gasteiger charge is 2.11. The van der Waals surface area contributed by atoms with E-state index in [0.29, 0.717) is 11.4 Å². The highest BCUT2D eigenvalue weighted by molar-refractivity contribution is 6.54.